The molecule has 0 unspecified atom stereocenters. The summed E-state index contributed by atoms with van der Waals surface area (Å²) in [6, 6.07) is 10.8. The lowest BCUT2D eigenvalue weighted by molar-refractivity contribution is 0.490. The van der Waals surface area contributed by atoms with Gasteiger partial charge < -0.3 is 10.6 Å². The molecule has 118 valence electrons. The second-order valence-corrected chi connectivity index (χ2v) is 6.36. The number of benzene rings is 1. The van der Waals surface area contributed by atoms with Crippen LogP contribution in [-0.2, 0) is 6.42 Å². The molecule has 0 atom stereocenters. The van der Waals surface area contributed by atoms with Crippen molar-refractivity contribution in [3.05, 3.63) is 35.9 Å². The van der Waals surface area contributed by atoms with Crippen molar-refractivity contribution in [1.82, 2.24) is 10.6 Å². The molecule has 1 saturated carbocycles. The van der Waals surface area contributed by atoms with Crippen molar-refractivity contribution in [3.8, 4) is 0 Å². The van der Waals surface area contributed by atoms with Gasteiger partial charge in [0.25, 0.3) is 0 Å². The number of hydrogen-bond acceptors (Lipinski definition) is 1. The molecule has 1 fully saturated rings. The van der Waals surface area contributed by atoms with Crippen LogP contribution < -0.4 is 10.6 Å². The highest BCUT2D eigenvalue weighted by Gasteiger charge is 2.42. The summed E-state index contributed by atoms with van der Waals surface area (Å²) in [6.07, 6.45) is 3.80. The molecule has 1 aromatic carbocycles. The molecule has 0 radical (unpaired) electrons. The summed E-state index contributed by atoms with van der Waals surface area (Å²) in [5.41, 5.74) is 1.88. The first kappa shape index (κ1) is 18.3. The second-order valence-electron chi connectivity index (χ2n) is 6.36. The molecule has 0 aromatic heterocycles. The third-order valence-electron chi connectivity index (χ3n) is 3.91. The highest BCUT2D eigenvalue weighted by molar-refractivity contribution is 14.0. The lowest BCUT2D eigenvalue weighted by Gasteiger charge is -2.19. The van der Waals surface area contributed by atoms with Gasteiger partial charge in [-0.25, -0.2) is 0 Å². The van der Waals surface area contributed by atoms with E-state index >= 15 is 0 Å². The number of halogens is 1. The minimum Gasteiger partial charge on any atom is -0.356 e. The zero-order valence-corrected chi connectivity index (χ0v) is 15.7. The molecule has 0 amide bonds. The van der Waals surface area contributed by atoms with Crippen molar-refractivity contribution in [2.24, 2.45) is 16.3 Å². The molecule has 0 spiro atoms. The Balaban J connectivity index is 0.00000220. The summed E-state index contributed by atoms with van der Waals surface area (Å²) in [5, 5.41) is 6.86. The standard InChI is InChI=1S/C17H27N3.HI/c1-14(2)12-19-16(18-3)20-13-17(9-10-17)11-15-7-5-4-6-8-15;/h4-8,14H,9-13H2,1-3H3,(H2,18,19,20);1H. The van der Waals surface area contributed by atoms with Gasteiger partial charge in [0, 0.05) is 20.1 Å². The van der Waals surface area contributed by atoms with Crippen LogP contribution in [0.15, 0.2) is 35.3 Å². The average molecular weight is 401 g/mol. The Morgan fingerprint density at radius 3 is 2.38 bits per heavy atom. The summed E-state index contributed by atoms with van der Waals surface area (Å²) in [5.74, 6) is 1.56. The molecule has 0 bridgehead atoms. The summed E-state index contributed by atoms with van der Waals surface area (Å²) in [6.45, 7) is 6.39. The average Bonchev–Trinajstić information content (AvgIpc) is 3.20. The molecule has 1 aromatic rings. The van der Waals surface area contributed by atoms with E-state index in [1.165, 1.54) is 24.8 Å². The van der Waals surface area contributed by atoms with Gasteiger partial charge in [0.15, 0.2) is 5.96 Å². The highest BCUT2D eigenvalue weighted by atomic mass is 127. The largest absolute Gasteiger partial charge is 0.356 e. The molecule has 0 aliphatic heterocycles. The van der Waals surface area contributed by atoms with Gasteiger partial charge in [-0.2, -0.15) is 0 Å². The number of nitrogens with zero attached hydrogens (tertiary/aromatic N) is 1. The van der Waals surface area contributed by atoms with Crippen LogP contribution in [-0.4, -0.2) is 26.1 Å². The van der Waals surface area contributed by atoms with Crippen LogP contribution in [0.3, 0.4) is 0 Å². The quantitative estimate of drug-likeness (QED) is 0.435. The predicted molar refractivity (Wildman–Crippen MR) is 101 cm³/mol. The van der Waals surface area contributed by atoms with E-state index in [0.717, 1.165) is 19.0 Å². The van der Waals surface area contributed by atoms with Crippen LogP contribution in [0.1, 0.15) is 32.3 Å². The minimum atomic E-state index is 0. The number of guanidine groups is 1. The van der Waals surface area contributed by atoms with Crippen LogP contribution in [0.4, 0.5) is 0 Å². The third kappa shape index (κ3) is 6.24. The summed E-state index contributed by atoms with van der Waals surface area (Å²) in [4.78, 5) is 4.29. The lowest BCUT2D eigenvalue weighted by atomic mass is 9.96. The van der Waals surface area contributed by atoms with E-state index in [0.29, 0.717) is 11.3 Å². The maximum atomic E-state index is 4.29. The molecule has 21 heavy (non-hydrogen) atoms. The molecule has 3 nitrogen and oxygen atoms in total. The van der Waals surface area contributed by atoms with Gasteiger partial charge in [-0.05, 0) is 36.2 Å². The first-order chi connectivity index (χ1) is 9.63. The smallest absolute Gasteiger partial charge is 0.191 e. The zero-order chi connectivity index (χ0) is 14.4. The molecule has 1 aliphatic carbocycles. The van der Waals surface area contributed by atoms with Crippen molar-refractivity contribution in [2.75, 3.05) is 20.1 Å². The maximum absolute atomic E-state index is 4.29. The first-order valence-electron chi connectivity index (χ1n) is 7.62. The number of hydrogen-bond donors (Lipinski definition) is 2. The molecule has 4 heteroatoms. The SMILES string of the molecule is CN=C(NCC(C)C)NCC1(Cc2ccccc2)CC1.I. The summed E-state index contributed by atoms with van der Waals surface area (Å²) >= 11 is 0. The van der Waals surface area contributed by atoms with Gasteiger partial charge >= 0.3 is 0 Å². The Labute approximate surface area is 146 Å². The predicted octanol–water partition coefficient (Wildman–Crippen LogP) is 3.45. The van der Waals surface area contributed by atoms with E-state index in [1.807, 2.05) is 7.05 Å². The molecule has 0 heterocycles. The Morgan fingerprint density at radius 1 is 1.19 bits per heavy atom. The fraction of sp³-hybridized carbons (Fsp3) is 0.588. The summed E-state index contributed by atoms with van der Waals surface area (Å²) in [7, 11) is 1.84. The van der Waals surface area contributed by atoms with E-state index in [4.69, 9.17) is 0 Å². The zero-order valence-electron chi connectivity index (χ0n) is 13.4. The van der Waals surface area contributed by atoms with Crippen LogP contribution in [0.25, 0.3) is 0 Å². The van der Waals surface area contributed by atoms with Crippen molar-refractivity contribution >= 4 is 29.9 Å². The summed E-state index contributed by atoms with van der Waals surface area (Å²) < 4.78 is 0. The molecule has 0 saturated heterocycles. The van der Waals surface area contributed by atoms with E-state index in [2.05, 4.69) is 59.8 Å². The van der Waals surface area contributed by atoms with E-state index < -0.39 is 0 Å². The van der Waals surface area contributed by atoms with E-state index in [9.17, 15) is 0 Å². The number of nitrogens with one attached hydrogen (secondary N) is 2. The minimum absolute atomic E-state index is 0. The van der Waals surface area contributed by atoms with E-state index in [-0.39, 0.29) is 24.0 Å². The maximum Gasteiger partial charge on any atom is 0.191 e. The highest BCUT2D eigenvalue weighted by Crippen LogP contribution is 2.47. The molecule has 1 aliphatic rings. The van der Waals surface area contributed by atoms with Gasteiger partial charge in [-0.3, -0.25) is 4.99 Å². The van der Waals surface area contributed by atoms with Gasteiger partial charge in [-0.1, -0.05) is 44.2 Å². The molecule has 2 rings (SSSR count). The molecular weight excluding hydrogens is 373 g/mol. The Morgan fingerprint density at radius 2 is 1.86 bits per heavy atom. The second kappa shape index (κ2) is 8.61. The molecule has 2 N–H and O–H groups in total. The normalized spacial score (nSPS) is 16.3. The Bertz CT molecular complexity index is 439. The Kier molecular flexibility index (Phi) is 7.49. The van der Waals surface area contributed by atoms with Crippen molar-refractivity contribution < 1.29 is 0 Å². The van der Waals surface area contributed by atoms with Gasteiger partial charge in [0.05, 0.1) is 0 Å². The monoisotopic (exact) mass is 401 g/mol. The van der Waals surface area contributed by atoms with Gasteiger partial charge in [-0.15, -0.1) is 24.0 Å². The fourth-order valence-corrected chi connectivity index (χ4v) is 2.41. The van der Waals surface area contributed by atoms with Crippen LogP contribution >= 0.6 is 24.0 Å². The van der Waals surface area contributed by atoms with E-state index in [1.54, 1.807) is 0 Å². The lowest BCUT2D eigenvalue weighted by Crippen LogP contribution is -2.42. The topological polar surface area (TPSA) is 36.4 Å². The number of aliphatic imine (C=N–C) groups is 1. The third-order valence-corrected chi connectivity index (χ3v) is 3.91. The van der Waals surface area contributed by atoms with Gasteiger partial charge in [0.1, 0.15) is 0 Å². The van der Waals surface area contributed by atoms with Crippen molar-refractivity contribution in [3.63, 3.8) is 0 Å². The number of rotatable bonds is 6. The van der Waals surface area contributed by atoms with Crippen molar-refractivity contribution in [1.29, 1.82) is 0 Å². The Hall–Kier alpha value is -0.780. The van der Waals surface area contributed by atoms with Crippen LogP contribution in [0.2, 0.25) is 0 Å². The van der Waals surface area contributed by atoms with Gasteiger partial charge in [0.2, 0.25) is 0 Å². The first-order valence-corrected chi connectivity index (χ1v) is 7.62. The van der Waals surface area contributed by atoms with Crippen molar-refractivity contribution in [2.45, 2.75) is 33.1 Å². The van der Waals surface area contributed by atoms with Crippen LogP contribution in [0, 0.1) is 11.3 Å². The fourth-order valence-electron chi connectivity index (χ4n) is 2.41. The van der Waals surface area contributed by atoms with Crippen LogP contribution in [0.5, 0.6) is 0 Å². The molecular formula is C17H28IN3.